The van der Waals surface area contributed by atoms with E-state index in [-0.39, 0.29) is 42.0 Å². The molecule has 3 heterocycles. The first-order valence-corrected chi connectivity index (χ1v) is 14.1. The van der Waals surface area contributed by atoms with Crippen LogP contribution in [0.15, 0.2) is 0 Å². The highest BCUT2D eigenvalue weighted by Gasteiger charge is 2.49. The number of piperazine rings is 2. The Balaban J connectivity index is 1.24. The van der Waals surface area contributed by atoms with E-state index in [2.05, 4.69) is 26.9 Å². The molecule has 8 heteroatoms. The van der Waals surface area contributed by atoms with Gasteiger partial charge in [0.2, 0.25) is 11.8 Å². The van der Waals surface area contributed by atoms with Crippen LogP contribution >= 0.6 is 0 Å². The molecule has 5 fully saturated rings. The topological polar surface area (TPSA) is 82.2 Å². The van der Waals surface area contributed by atoms with Gasteiger partial charge in [0.25, 0.3) is 5.91 Å². The van der Waals surface area contributed by atoms with Crippen molar-refractivity contribution in [2.45, 2.75) is 95.9 Å². The van der Waals surface area contributed by atoms with Crippen molar-refractivity contribution >= 4 is 17.7 Å². The van der Waals surface area contributed by atoms with Gasteiger partial charge in [-0.25, -0.2) is 0 Å². The van der Waals surface area contributed by atoms with E-state index in [0.717, 1.165) is 84.0 Å². The summed E-state index contributed by atoms with van der Waals surface area (Å²) >= 11 is 0. The summed E-state index contributed by atoms with van der Waals surface area (Å²) in [6.45, 7) is 8.52. The number of nitrogens with one attached hydrogen (secondary N) is 1. The van der Waals surface area contributed by atoms with Gasteiger partial charge in [0.1, 0.15) is 6.10 Å². The molecule has 0 aromatic heterocycles. The lowest BCUT2D eigenvalue weighted by Gasteiger charge is -2.55. The quantitative estimate of drug-likeness (QED) is 0.657. The lowest BCUT2D eigenvalue weighted by molar-refractivity contribution is -0.160. The molecule has 3 amide bonds. The molecular weight excluding hydrogens is 444 g/mol. The number of rotatable bonds is 3. The molecule has 35 heavy (non-hydrogen) atoms. The smallest absolute Gasteiger partial charge is 0.252 e. The number of carbonyl (C=O) groups excluding carboxylic acids is 3. The maximum absolute atomic E-state index is 13.5. The minimum absolute atomic E-state index is 0.0436. The van der Waals surface area contributed by atoms with Crippen LogP contribution in [0.2, 0.25) is 0 Å². The Hall–Kier alpha value is -1.67. The third-order valence-electron chi connectivity index (χ3n) is 9.58. The second-order valence-corrected chi connectivity index (χ2v) is 11.7. The minimum Gasteiger partial charge on any atom is -0.368 e. The first-order chi connectivity index (χ1) is 16.9. The highest BCUT2D eigenvalue weighted by molar-refractivity contribution is 5.82. The maximum atomic E-state index is 13.5. The summed E-state index contributed by atoms with van der Waals surface area (Å²) in [6, 6.07) is 0.247. The lowest BCUT2D eigenvalue weighted by atomic mass is 9.67. The predicted octanol–water partition coefficient (Wildman–Crippen LogP) is 2.02. The summed E-state index contributed by atoms with van der Waals surface area (Å²) in [4.78, 5) is 45.3. The maximum Gasteiger partial charge on any atom is 0.252 e. The van der Waals surface area contributed by atoms with Crippen LogP contribution in [0.5, 0.6) is 0 Å². The van der Waals surface area contributed by atoms with Crippen molar-refractivity contribution < 1.29 is 19.1 Å². The molecule has 196 valence electrons. The summed E-state index contributed by atoms with van der Waals surface area (Å²) in [5, 5.41) is 3.33. The molecule has 0 radical (unpaired) electrons. The Bertz CT molecular complexity index is 786. The highest BCUT2D eigenvalue weighted by atomic mass is 16.5. The molecule has 5 aliphatic rings. The molecule has 0 bridgehead atoms. The molecule has 3 saturated heterocycles. The van der Waals surface area contributed by atoms with Crippen molar-refractivity contribution in [1.29, 1.82) is 0 Å². The number of amides is 3. The minimum atomic E-state index is -0.307. The van der Waals surface area contributed by atoms with Crippen LogP contribution in [0.4, 0.5) is 0 Å². The molecule has 4 unspecified atom stereocenters. The Kier molecular flexibility index (Phi) is 7.68. The summed E-state index contributed by atoms with van der Waals surface area (Å²) in [5.74, 6) is 1.99. The molecule has 5 atom stereocenters. The van der Waals surface area contributed by atoms with Crippen molar-refractivity contribution in [3.05, 3.63) is 0 Å². The fourth-order valence-corrected chi connectivity index (χ4v) is 7.82. The van der Waals surface area contributed by atoms with Gasteiger partial charge in [-0.05, 0) is 76.5 Å². The van der Waals surface area contributed by atoms with E-state index in [4.69, 9.17) is 4.74 Å². The van der Waals surface area contributed by atoms with Gasteiger partial charge in [-0.15, -0.1) is 0 Å². The van der Waals surface area contributed by atoms with Crippen molar-refractivity contribution in [1.82, 2.24) is 20.0 Å². The van der Waals surface area contributed by atoms with Gasteiger partial charge >= 0.3 is 0 Å². The van der Waals surface area contributed by atoms with E-state index in [1.54, 1.807) is 6.92 Å². The molecule has 2 aliphatic carbocycles. The monoisotopic (exact) mass is 488 g/mol. The van der Waals surface area contributed by atoms with Crippen molar-refractivity contribution in [2.75, 3.05) is 39.3 Å². The van der Waals surface area contributed by atoms with Crippen LogP contribution in [0.3, 0.4) is 0 Å². The Morgan fingerprint density at radius 1 is 0.857 bits per heavy atom. The van der Waals surface area contributed by atoms with Gasteiger partial charge in [0.15, 0.2) is 0 Å². The van der Waals surface area contributed by atoms with Crippen LogP contribution in [0.1, 0.15) is 71.6 Å². The number of hydrogen-bond acceptors (Lipinski definition) is 5. The Morgan fingerprint density at radius 3 is 2.23 bits per heavy atom. The molecular formula is C27H44N4O4. The van der Waals surface area contributed by atoms with Crippen molar-refractivity contribution in [3.63, 3.8) is 0 Å². The Labute approximate surface area is 210 Å². The van der Waals surface area contributed by atoms with Gasteiger partial charge in [-0.2, -0.15) is 0 Å². The van der Waals surface area contributed by atoms with Crippen molar-refractivity contribution in [3.8, 4) is 0 Å². The number of carbonyl (C=O) groups is 3. The molecule has 1 N–H and O–H groups in total. The molecule has 5 rings (SSSR count). The van der Waals surface area contributed by atoms with Gasteiger partial charge in [0.05, 0.1) is 12.1 Å². The number of nitrogens with zero attached hydrogens (tertiary/aromatic N) is 3. The fourth-order valence-electron chi connectivity index (χ4n) is 7.82. The normalized spacial score (nSPS) is 38.2. The lowest BCUT2D eigenvalue weighted by Crippen LogP contribution is -2.68. The van der Waals surface area contributed by atoms with E-state index in [1.807, 2.05) is 0 Å². The van der Waals surface area contributed by atoms with Gasteiger partial charge in [0, 0.05) is 58.2 Å². The van der Waals surface area contributed by atoms with E-state index in [1.165, 1.54) is 0 Å². The first-order valence-electron chi connectivity index (χ1n) is 14.1. The molecule has 0 aromatic carbocycles. The summed E-state index contributed by atoms with van der Waals surface area (Å²) < 4.78 is 5.77. The molecule has 8 nitrogen and oxygen atoms in total. The molecule has 2 saturated carbocycles. The molecule has 0 spiro atoms. The van der Waals surface area contributed by atoms with Gasteiger partial charge in [-0.1, -0.05) is 0 Å². The zero-order valence-corrected chi connectivity index (χ0v) is 21.6. The number of ether oxygens (including phenoxy) is 1. The third-order valence-corrected chi connectivity index (χ3v) is 9.58. The second-order valence-electron chi connectivity index (χ2n) is 11.7. The number of hydrogen-bond donors (Lipinski definition) is 1. The van der Waals surface area contributed by atoms with Crippen LogP contribution in [-0.2, 0) is 19.1 Å². The second kappa shape index (κ2) is 10.8. The Morgan fingerprint density at radius 2 is 1.57 bits per heavy atom. The van der Waals surface area contributed by atoms with Crippen LogP contribution < -0.4 is 5.32 Å². The largest absolute Gasteiger partial charge is 0.368 e. The predicted molar refractivity (Wildman–Crippen MR) is 132 cm³/mol. The van der Waals surface area contributed by atoms with Gasteiger partial charge in [-0.3, -0.25) is 14.4 Å². The van der Waals surface area contributed by atoms with E-state index in [0.29, 0.717) is 30.9 Å². The fraction of sp³-hybridized carbons (Fsp3) is 0.889. The first kappa shape index (κ1) is 25.0. The third kappa shape index (κ3) is 5.10. The molecule has 0 aromatic rings. The van der Waals surface area contributed by atoms with Crippen LogP contribution in [0, 0.1) is 17.8 Å². The van der Waals surface area contributed by atoms with E-state index >= 15 is 0 Å². The summed E-state index contributed by atoms with van der Waals surface area (Å²) in [7, 11) is 0. The van der Waals surface area contributed by atoms with Crippen molar-refractivity contribution in [2.24, 2.45) is 17.8 Å². The van der Waals surface area contributed by atoms with Crippen LogP contribution in [0.25, 0.3) is 0 Å². The molecule has 3 aliphatic heterocycles. The average molecular weight is 489 g/mol. The van der Waals surface area contributed by atoms with E-state index < -0.39 is 0 Å². The van der Waals surface area contributed by atoms with Crippen LogP contribution in [-0.4, -0.2) is 96.0 Å². The number of fused-ring (bicyclic) bond motifs is 1. The van der Waals surface area contributed by atoms with E-state index in [9.17, 15) is 14.4 Å². The average Bonchev–Trinajstić information content (AvgIpc) is 3.42. The van der Waals surface area contributed by atoms with Gasteiger partial charge < -0.3 is 24.8 Å². The zero-order chi connectivity index (χ0) is 24.5. The SMILES string of the molecule is CC(=O)N1C2CCC(C3CCC(C(=O)N4CCNCC4)CC3)CC2N(C(=O)C2CCCO2)C[C@@H]1C. The summed E-state index contributed by atoms with van der Waals surface area (Å²) in [6.07, 6.45) is 8.71. The highest BCUT2D eigenvalue weighted by Crippen LogP contribution is 2.44. The standard InChI is InChI=1S/C27H44N4O4/c1-18-17-30(27(34)25-4-3-15-35-25)24-16-22(9-10-23(24)31(18)19(2)32)20-5-7-21(8-6-20)26(33)29-13-11-28-12-14-29/h18,20-25,28H,3-17H2,1-2H3/t18-,20?,21?,22?,23?,24?,25?/m0/s1. The summed E-state index contributed by atoms with van der Waals surface area (Å²) in [5.41, 5.74) is 0. The zero-order valence-electron chi connectivity index (χ0n) is 21.6.